The van der Waals surface area contributed by atoms with Crippen LogP contribution in [0.2, 0.25) is 0 Å². The standard InChI is InChI=1S/C18H34N2O3/c1-3-5-7-9-11-13-16(21)20(18(23)15-19)17(22)14-12-10-8-6-4-2/h3-15,19H2,1-2H3. The maximum Gasteiger partial charge on any atom is 0.249 e. The van der Waals surface area contributed by atoms with Crippen molar-refractivity contribution in [2.75, 3.05) is 6.54 Å². The molecule has 0 heterocycles. The molecule has 5 heteroatoms. The first-order chi connectivity index (χ1) is 11.1. The van der Waals surface area contributed by atoms with Gasteiger partial charge >= 0.3 is 0 Å². The van der Waals surface area contributed by atoms with Gasteiger partial charge in [0, 0.05) is 12.8 Å². The second-order valence-electron chi connectivity index (χ2n) is 6.05. The van der Waals surface area contributed by atoms with E-state index in [0.717, 1.165) is 69.1 Å². The first-order valence-electron chi connectivity index (χ1n) is 9.17. The predicted octanol–water partition coefficient (Wildman–Crippen LogP) is 3.55. The zero-order valence-corrected chi connectivity index (χ0v) is 14.9. The number of amides is 3. The average Bonchev–Trinajstić information content (AvgIpc) is 2.54. The van der Waals surface area contributed by atoms with E-state index in [2.05, 4.69) is 13.8 Å². The summed E-state index contributed by atoms with van der Waals surface area (Å²) in [5, 5.41) is 0. The van der Waals surface area contributed by atoms with Gasteiger partial charge in [-0.1, -0.05) is 65.2 Å². The van der Waals surface area contributed by atoms with Gasteiger partial charge in [0.05, 0.1) is 6.54 Å². The van der Waals surface area contributed by atoms with Crippen molar-refractivity contribution in [1.82, 2.24) is 4.90 Å². The van der Waals surface area contributed by atoms with Crippen LogP contribution in [0.5, 0.6) is 0 Å². The summed E-state index contributed by atoms with van der Waals surface area (Å²) < 4.78 is 0. The van der Waals surface area contributed by atoms with E-state index in [4.69, 9.17) is 5.73 Å². The van der Waals surface area contributed by atoms with Crippen LogP contribution in [0.3, 0.4) is 0 Å². The van der Waals surface area contributed by atoms with E-state index in [1.54, 1.807) is 0 Å². The highest BCUT2D eigenvalue weighted by molar-refractivity contribution is 6.11. The molecular weight excluding hydrogens is 292 g/mol. The predicted molar refractivity (Wildman–Crippen MR) is 92.7 cm³/mol. The number of unbranched alkanes of at least 4 members (excludes halogenated alkanes) is 8. The Morgan fingerprint density at radius 1 is 0.652 bits per heavy atom. The van der Waals surface area contributed by atoms with Gasteiger partial charge in [0.15, 0.2) is 0 Å². The van der Waals surface area contributed by atoms with Gasteiger partial charge in [-0.2, -0.15) is 0 Å². The Kier molecular flexibility index (Phi) is 13.6. The third-order valence-corrected chi connectivity index (χ3v) is 3.91. The maximum absolute atomic E-state index is 12.2. The van der Waals surface area contributed by atoms with Gasteiger partial charge < -0.3 is 5.73 Å². The average molecular weight is 326 g/mol. The van der Waals surface area contributed by atoms with E-state index >= 15 is 0 Å². The lowest BCUT2D eigenvalue weighted by Crippen LogP contribution is -2.44. The van der Waals surface area contributed by atoms with Crippen LogP contribution in [-0.2, 0) is 14.4 Å². The number of rotatable bonds is 13. The van der Waals surface area contributed by atoms with E-state index in [1.165, 1.54) is 0 Å². The molecule has 134 valence electrons. The molecule has 0 aliphatic rings. The maximum atomic E-state index is 12.2. The lowest BCUT2D eigenvalue weighted by Gasteiger charge is -2.18. The Morgan fingerprint density at radius 3 is 1.39 bits per heavy atom. The molecule has 0 unspecified atom stereocenters. The van der Waals surface area contributed by atoms with Crippen molar-refractivity contribution in [1.29, 1.82) is 0 Å². The second kappa shape index (κ2) is 14.4. The summed E-state index contributed by atoms with van der Waals surface area (Å²) in [6.45, 7) is 3.96. The van der Waals surface area contributed by atoms with Crippen molar-refractivity contribution in [3.63, 3.8) is 0 Å². The SMILES string of the molecule is CCCCCCCC(=O)N(C(=O)CN)C(=O)CCCCCCC. The second-order valence-corrected chi connectivity index (χ2v) is 6.05. The first kappa shape index (κ1) is 21.8. The van der Waals surface area contributed by atoms with E-state index < -0.39 is 17.7 Å². The molecule has 0 spiro atoms. The fourth-order valence-electron chi connectivity index (χ4n) is 2.49. The fraction of sp³-hybridized carbons (Fsp3) is 0.833. The highest BCUT2D eigenvalue weighted by atomic mass is 16.2. The van der Waals surface area contributed by atoms with Crippen LogP contribution in [-0.4, -0.2) is 29.2 Å². The van der Waals surface area contributed by atoms with Gasteiger partial charge in [0.1, 0.15) is 0 Å². The molecule has 0 fully saturated rings. The van der Waals surface area contributed by atoms with Crippen LogP contribution in [0, 0.1) is 0 Å². The molecule has 0 aliphatic heterocycles. The molecular formula is C18H34N2O3. The van der Waals surface area contributed by atoms with Crippen molar-refractivity contribution in [3.8, 4) is 0 Å². The molecule has 0 saturated carbocycles. The molecule has 3 amide bonds. The fourth-order valence-corrected chi connectivity index (χ4v) is 2.49. The highest BCUT2D eigenvalue weighted by Gasteiger charge is 2.26. The van der Waals surface area contributed by atoms with Crippen LogP contribution in [0.4, 0.5) is 0 Å². The molecule has 0 bridgehead atoms. The van der Waals surface area contributed by atoms with Crippen LogP contribution in [0.15, 0.2) is 0 Å². The minimum atomic E-state index is -0.581. The van der Waals surface area contributed by atoms with Crippen molar-refractivity contribution >= 4 is 17.7 Å². The molecule has 0 aromatic heterocycles. The number of imide groups is 3. The number of hydrogen-bond donors (Lipinski definition) is 1. The minimum absolute atomic E-state index is 0.247. The zero-order chi connectivity index (χ0) is 17.5. The third kappa shape index (κ3) is 10.2. The molecule has 0 aromatic rings. The smallest absolute Gasteiger partial charge is 0.249 e. The molecule has 23 heavy (non-hydrogen) atoms. The Labute approximate surface area is 141 Å². The summed E-state index contributed by atoms with van der Waals surface area (Å²) in [6, 6.07) is 0. The normalized spacial score (nSPS) is 10.6. The highest BCUT2D eigenvalue weighted by Crippen LogP contribution is 2.11. The Bertz CT molecular complexity index is 330. The third-order valence-electron chi connectivity index (χ3n) is 3.91. The number of nitrogens with zero attached hydrogens (tertiary/aromatic N) is 1. The number of nitrogens with two attached hydrogens (primary N) is 1. The van der Waals surface area contributed by atoms with E-state index in [1.807, 2.05) is 0 Å². The molecule has 0 atom stereocenters. The van der Waals surface area contributed by atoms with Crippen LogP contribution in [0.25, 0.3) is 0 Å². The summed E-state index contributed by atoms with van der Waals surface area (Å²) in [5.74, 6) is -1.37. The molecule has 0 saturated heterocycles. The van der Waals surface area contributed by atoms with E-state index in [9.17, 15) is 14.4 Å². The summed E-state index contributed by atoms with van der Waals surface area (Å²) in [7, 11) is 0. The van der Waals surface area contributed by atoms with E-state index in [0.29, 0.717) is 0 Å². The van der Waals surface area contributed by atoms with Crippen molar-refractivity contribution < 1.29 is 14.4 Å². The largest absolute Gasteiger partial charge is 0.322 e. The minimum Gasteiger partial charge on any atom is -0.322 e. The van der Waals surface area contributed by atoms with Gasteiger partial charge in [-0.05, 0) is 12.8 Å². The monoisotopic (exact) mass is 326 g/mol. The van der Waals surface area contributed by atoms with Crippen LogP contribution in [0.1, 0.15) is 90.9 Å². The summed E-state index contributed by atoms with van der Waals surface area (Å²) in [4.78, 5) is 37.0. The lowest BCUT2D eigenvalue weighted by atomic mass is 10.1. The van der Waals surface area contributed by atoms with Gasteiger partial charge in [0.2, 0.25) is 17.7 Å². The van der Waals surface area contributed by atoms with Crippen LogP contribution >= 0.6 is 0 Å². The first-order valence-corrected chi connectivity index (χ1v) is 9.17. The van der Waals surface area contributed by atoms with Crippen LogP contribution < -0.4 is 5.73 Å². The molecule has 0 aliphatic carbocycles. The zero-order valence-electron chi connectivity index (χ0n) is 14.9. The number of carbonyl (C=O) groups excluding carboxylic acids is 3. The van der Waals surface area contributed by atoms with Crippen molar-refractivity contribution in [3.05, 3.63) is 0 Å². The van der Waals surface area contributed by atoms with Gasteiger partial charge in [0.25, 0.3) is 0 Å². The topological polar surface area (TPSA) is 80.5 Å². The molecule has 0 rings (SSSR count). The van der Waals surface area contributed by atoms with Gasteiger partial charge in [-0.15, -0.1) is 0 Å². The Morgan fingerprint density at radius 2 is 1.04 bits per heavy atom. The van der Waals surface area contributed by atoms with E-state index in [-0.39, 0.29) is 19.4 Å². The Hall–Kier alpha value is -1.23. The summed E-state index contributed by atoms with van der Waals surface area (Å²) in [6.07, 6.45) is 10.6. The van der Waals surface area contributed by atoms with Crippen molar-refractivity contribution in [2.45, 2.75) is 90.9 Å². The number of carbonyl (C=O) groups is 3. The number of hydrogen-bond acceptors (Lipinski definition) is 4. The molecule has 0 aromatic carbocycles. The molecule has 0 radical (unpaired) electrons. The Balaban J connectivity index is 4.30. The van der Waals surface area contributed by atoms with Gasteiger partial charge in [-0.3, -0.25) is 14.4 Å². The summed E-state index contributed by atoms with van der Waals surface area (Å²) in [5.41, 5.74) is 5.34. The summed E-state index contributed by atoms with van der Waals surface area (Å²) >= 11 is 0. The van der Waals surface area contributed by atoms with Crippen molar-refractivity contribution in [2.24, 2.45) is 5.73 Å². The molecule has 5 nitrogen and oxygen atoms in total. The lowest BCUT2D eigenvalue weighted by molar-refractivity contribution is -0.153. The quantitative estimate of drug-likeness (QED) is 0.525. The van der Waals surface area contributed by atoms with Gasteiger partial charge in [-0.25, -0.2) is 4.90 Å². The molecule has 2 N–H and O–H groups in total.